The van der Waals surface area contributed by atoms with Crippen LogP contribution in [0, 0.1) is 0 Å². The Bertz CT molecular complexity index is 806. The Balaban J connectivity index is 2.31. The molecule has 1 unspecified atom stereocenters. The molecule has 0 saturated carbocycles. The van der Waals surface area contributed by atoms with Crippen LogP contribution in [0.5, 0.6) is 0 Å². The molecule has 2 aromatic carbocycles. The number of aromatic carboxylic acids is 1. The number of carboxylic acids is 1. The number of aliphatic hydroxyl groups is 1. The van der Waals surface area contributed by atoms with Crippen LogP contribution in [0.1, 0.15) is 27.7 Å². The average Bonchev–Trinajstić information content (AvgIpc) is 2.81. The lowest BCUT2D eigenvalue weighted by Gasteiger charge is -2.12. The van der Waals surface area contributed by atoms with Gasteiger partial charge >= 0.3 is 5.97 Å². The summed E-state index contributed by atoms with van der Waals surface area (Å²) in [6.07, 6.45) is -0.969. The predicted molar refractivity (Wildman–Crippen MR) is 80.4 cm³/mol. The van der Waals surface area contributed by atoms with E-state index >= 15 is 0 Å². The third-order valence-corrected chi connectivity index (χ3v) is 3.74. The van der Waals surface area contributed by atoms with Gasteiger partial charge in [-0.25, -0.2) is 4.79 Å². The van der Waals surface area contributed by atoms with E-state index in [0.717, 1.165) is 10.9 Å². The van der Waals surface area contributed by atoms with Crippen LogP contribution < -0.4 is 0 Å². The van der Waals surface area contributed by atoms with Crippen molar-refractivity contribution in [3.8, 4) is 0 Å². The molecule has 2 N–H and O–H groups in total. The molecular formula is C17H15NO3. The molecule has 1 atom stereocenters. The summed E-state index contributed by atoms with van der Waals surface area (Å²) >= 11 is 0. The number of hydrogen-bond acceptors (Lipinski definition) is 2. The number of fused-ring (bicyclic) bond motifs is 1. The van der Waals surface area contributed by atoms with Gasteiger partial charge in [0.15, 0.2) is 0 Å². The van der Waals surface area contributed by atoms with Gasteiger partial charge in [-0.05, 0) is 11.6 Å². The zero-order valence-electron chi connectivity index (χ0n) is 11.5. The first-order valence-corrected chi connectivity index (χ1v) is 6.65. The van der Waals surface area contributed by atoms with Crippen molar-refractivity contribution >= 4 is 16.9 Å². The minimum absolute atomic E-state index is 0.118. The fraction of sp³-hybridized carbons (Fsp3) is 0.118. The number of benzene rings is 2. The minimum atomic E-state index is -1.04. The number of aliphatic hydroxyl groups excluding tert-OH is 1. The zero-order chi connectivity index (χ0) is 15.0. The molecule has 3 aromatic rings. The van der Waals surface area contributed by atoms with Gasteiger partial charge in [-0.15, -0.1) is 0 Å². The van der Waals surface area contributed by atoms with Crippen molar-refractivity contribution < 1.29 is 15.0 Å². The largest absolute Gasteiger partial charge is 0.477 e. The number of aryl methyl sites for hydroxylation is 1. The Morgan fingerprint density at radius 2 is 1.67 bits per heavy atom. The summed E-state index contributed by atoms with van der Waals surface area (Å²) in [5.74, 6) is -1.04. The van der Waals surface area contributed by atoms with Crippen LogP contribution in [0.4, 0.5) is 0 Å². The maximum absolute atomic E-state index is 11.6. The van der Waals surface area contributed by atoms with Crippen LogP contribution in [0.25, 0.3) is 10.9 Å². The lowest BCUT2D eigenvalue weighted by Crippen LogP contribution is -2.10. The van der Waals surface area contributed by atoms with Gasteiger partial charge in [0.05, 0.1) is 0 Å². The van der Waals surface area contributed by atoms with Gasteiger partial charge in [-0.1, -0.05) is 48.5 Å². The fourth-order valence-corrected chi connectivity index (χ4v) is 2.76. The lowest BCUT2D eigenvalue weighted by molar-refractivity contribution is 0.0681. The third kappa shape index (κ3) is 2.10. The van der Waals surface area contributed by atoms with E-state index in [1.54, 1.807) is 23.7 Å². The van der Waals surface area contributed by atoms with Gasteiger partial charge < -0.3 is 14.8 Å². The first-order valence-electron chi connectivity index (χ1n) is 6.65. The van der Waals surface area contributed by atoms with Crippen molar-refractivity contribution in [3.05, 3.63) is 71.4 Å². The molecule has 0 aliphatic heterocycles. The van der Waals surface area contributed by atoms with Gasteiger partial charge in [0.1, 0.15) is 11.8 Å². The monoisotopic (exact) mass is 281 g/mol. The van der Waals surface area contributed by atoms with Crippen molar-refractivity contribution in [3.63, 3.8) is 0 Å². The first-order chi connectivity index (χ1) is 10.1. The molecule has 106 valence electrons. The van der Waals surface area contributed by atoms with E-state index in [9.17, 15) is 15.0 Å². The second-order valence-corrected chi connectivity index (χ2v) is 4.96. The highest BCUT2D eigenvalue weighted by Crippen LogP contribution is 2.33. The van der Waals surface area contributed by atoms with E-state index in [1.165, 1.54) is 0 Å². The smallest absolute Gasteiger partial charge is 0.352 e. The minimum Gasteiger partial charge on any atom is -0.477 e. The second-order valence-electron chi connectivity index (χ2n) is 4.96. The van der Waals surface area contributed by atoms with Crippen LogP contribution in [0.2, 0.25) is 0 Å². The summed E-state index contributed by atoms with van der Waals surface area (Å²) in [4.78, 5) is 11.6. The number of aromatic nitrogens is 1. The highest BCUT2D eigenvalue weighted by atomic mass is 16.4. The quantitative estimate of drug-likeness (QED) is 0.776. The molecule has 0 saturated heterocycles. The van der Waals surface area contributed by atoms with E-state index < -0.39 is 12.1 Å². The molecule has 0 aliphatic carbocycles. The Labute approximate surface area is 121 Å². The van der Waals surface area contributed by atoms with Crippen LogP contribution in [-0.4, -0.2) is 20.7 Å². The zero-order valence-corrected chi connectivity index (χ0v) is 11.5. The summed E-state index contributed by atoms with van der Waals surface area (Å²) in [7, 11) is 1.70. The number of carboxylic acid groups (broad SMARTS) is 1. The summed E-state index contributed by atoms with van der Waals surface area (Å²) in [5, 5.41) is 20.9. The van der Waals surface area contributed by atoms with E-state index in [1.807, 2.05) is 42.5 Å². The predicted octanol–water partition coefficient (Wildman–Crippen LogP) is 2.96. The Morgan fingerprint density at radius 1 is 1.05 bits per heavy atom. The fourth-order valence-electron chi connectivity index (χ4n) is 2.76. The molecule has 0 fully saturated rings. The molecule has 0 amide bonds. The lowest BCUT2D eigenvalue weighted by atomic mass is 9.98. The van der Waals surface area contributed by atoms with Gasteiger partial charge in [-0.2, -0.15) is 0 Å². The van der Waals surface area contributed by atoms with Crippen molar-refractivity contribution in [1.82, 2.24) is 4.57 Å². The Hall–Kier alpha value is -2.59. The van der Waals surface area contributed by atoms with Crippen LogP contribution in [0.15, 0.2) is 54.6 Å². The average molecular weight is 281 g/mol. The number of rotatable bonds is 3. The van der Waals surface area contributed by atoms with Gasteiger partial charge in [0.2, 0.25) is 0 Å². The molecule has 3 rings (SSSR count). The summed E-state index contributed by atoms with van der Waals surface area (Å²) < 4.78 is 1.61. The topological polar surface area (TPSA) is 62.5 Å². The molecule has 0 bridgehead atoms. The molecule has 4 heteroatoms. The van der Waals surface area contributed by atoms with Gasteiger partial charge in [-0.3, -0.25) is 0 Å². The van der Waals surface area contributed by atoms with E-state index in [4.69, 9.17) is 0 Å². The summed E-state index contributed by atoms with van der Waals surface area (Å²) in [5.41, 5.74) is 2.02. The molecular weight excluding hydrogens is 266 g/mol. The van der Waals surface area contributed by atoms with Crippen LogP contribution in [0.3, 0.4) is 0 Å². The summed E-state index contributed by atoms with van der Waals surface area (Å²) in [6.45, 7) is 0. The highest BCUT2D eigenvalue weighted by molar-refractivity contribution is 5.98. The number of para-hydroxylation sites is 1. The van der Waals surface area contributed by atoms with Crippen LogP contribution in [-0.2, 0) is 7.05 Å². The first kappa shape index (κ1) is 13.4. The standard InChI is InChI=1S/C17H15NO3/c1-18-13-10-6-5-9-12(13)14(15(18)17(20)21)16(19)11-7-3-2-4-8-11/h2-10,16,19H,1H3,(H,20,21). The molecule has 21 heavy (non-hydrogen) atoms. The van der Waals surface area contributed by atoms with Crippen molar-refractivity contribution in [2.24, 2.45) is 7.05 Å². The SMILES string of the molecule is Cn1c(C(=O)O)c(C(O)c2ccccc2)c2ccccc21. The normalized spacial score (nSPS) is 12.5. The number of carbonyl (C=O) groups is 1. The highest BCUT2D eigenvalue weighted by Gasteiger charge is 2.26. The van der Waals surface area contributed by atoms with Gasteiger partial charge in [0.25, 0.3) is 0 Å². The van der Waals surface area contributed by atoms with E-state index in [0.29, 0.717) is 11.1 Å². The molecule has 0 radical (unpaired) electrons. The van der Waals surface area contributed by atoms with Crippen molar-refractivity contribution in [1.29, 1.82) is 0 Å². The molecule has 4 nitrogen and oxygen atoms in total. The molecule has 1 aromatic heterocycles. The second kappa shape index (κ2) is 5.07. The summed E-state index contributed by atoms with van der Waals surface area (Å²) in [6, 6.07) is 16.5. The molecule has 1 heterocycles. The van der Waals surface area contributed by atoms with E-state index in [-0.39, 0.29) is 5.69 Å². The van der Waals surface area contributed by atoms with Crippen LogP contribution >= 0.6 is 0 Å². The Kier molecular flexibility index (Phi) is 3.23. The number of nitrogens with zero attached hydrogens (tertiary/aromatic N) is 1. The van der Waals surface area contributed by atoms with Crippen molar-refractivity contribution in [2.45, 2.75) is 6.10 Å². The number of hydrogen-bond donors (Lipinski definition) is 2. The Morgan fingerprint density at radius 3 is 2.33 bits per heavy atom. The van der Waals surface area contributed by atoms with Gasteiger partial charge in [0, 0.05) is 23.5 Å². The van der Waals surface area contributed by atoms with E-state index in [2.05, 4.69) is 0 Å². The van der Waals surface area contributed by atoms with Crippen molar-refractivity contribution in [2.75, 3.05) is 0 Å². The molecule has 0 aliphatic rings. The third-order valence-electron chi connectivity index (χ3n) is 3.74. The maximum Gasteiger partial charge on any atom is 0.352 e. The maximum atomic E-state index is 11.6. The molecule has 0 spiro atoms.